The Hall–Kier alpha value is -2.88. The van der Waals surface area contributed by atoms with E-state index in [0.29, 0.717) is 12.1 Å². The maximum absolute atomic E-state index is 12.7. The molecule has 0 aliphatic heterocycles. The molecule has 0 aliphatic carbocycles. The maximum atomic E-state index is 12.7. The Morgan fingerprint density at radius 2 is 1.68 bits per heavy atom. The molecule has 37 heavy (non-hydrogen) atoms. The van der Waals surface area contributed by atoms with Crippen LogP contribution in [0, 0.1) is 6.92 Å². The molecule has 4 nitrogen and oxygen atoms in total. The second-order valence-electron chi connectivity index (χ2n) is 8.32. The van der Waals surface area contributed by atoms with Crippen molar-refractivity contribution in [2.75, 3.05) is 13.2 Å². The molecule has 0 saturated heterocycles. The van der Waals surface area contributed by atoms with Gasteiger partial charge in [0.15, 0.2) is 0 Å². The Morgan fingerprint density at radius 1 is 0.973 bits per heavy atom. The van der Waals surface area contributed by atoms with E-state index in [2.05, 4.69) is 16.4 Å². The first-order valence-corrected chi connectivity index (χ1v) is 13.3. The van der Waals surface area contributed by atoms with Crippen LogP contribution < -0.4 is 0 Å². The summed E-state index contributed by atoms with van der Waals surface area (Å²) in [5.41, 5.74) is -0.860. The monoisotopic (exact) mass is 545 g/mol. The molecule has 1 heterocycles. The van der Waals surface area contributed by atoms with Crippen LogP contribution in [0.25, 0.3) is 11.0 Å². The predicted molar refractivity (Wildman–Crippen MR) is 142 cm³/mol. The average molecular weight is 546 g/mol. The highest BCUT2D eigenvalue weighted by Crippen LogP contribution is 2.37. The Kier molecular flexibility index (Phi) is 8.89. The lowest BCUT2D eigenvalue weighted by Crippen LogP contribution is -2.18. The third-order valence-electron chi connectivity index (χ3n) is 5.61. The number of halogens is 3. The summed E-state index contributed by atoms with van der Waals surface area (Å²) in [7, 11) is 0. The van der Waals surface area contributed by atoms with E-state index in [0.717, 1.165) is 34.4 Å². The van der Waals surface area contributed by atoms with Crippen molar-refractivity contribution in [1.82, 2.24) is 4.31 Å². The van der Waals surface area contributed by atoms with Crippen LogP contribution in [-0.4, -0.2) is 28.9 Å². The van der Waals surface area contributed by atoms with Gasteiger partial charge in [-0.15, -0.1) is 0 Å². The maximum Gasteiger partial charge on any atom is 0.446 e. The van der Waals surface area contributed by atoms with Crippen molar-refractivity contribution < 1.29 is 27.1 Å². The number of furan rings is 1. The zero-order valence-electron chi connectivity index (χ0n) is 20.4. The number of alkyl halides is 3. The van der Waals surface area contributed by atoms with Crippen molar-refractivity contribution in [2.24, 2.45) is 0 Å². The van der Waals surface area contributed by atoms with Gasteiger partial charge in [0.05, 0.1) is 6.61 Å². The summed E-state index contributed by atoms with van der Waals surface area (Å²) < 4.78 is 51.1. The van der Waals surface area contributed by atoms with Crippen molar-refractivity contribution in [1.29, 1.82) is 0 Å². The first-order valence-electron chi connectivity index (χ1n) is 11.7. The molecule has 0 saturated carbocycles. The average Bonchev–Trinajstić information content (AvgIpc) is 3.19. The number of benzene rings is 3. The van der Waals surface area contributed by atoms with Gasteiger partial charge in [0, 0.05) is 33.8 Å². The molecule has 3 aromatic carbocycles. The van der Waals surface area contributed by atoms with Crippen LogP contribution in [-0.2, 0) is 17.7 Å². The fourth-order valence-electron chi connectivity index (χ4n) is 3.85. The van der Waals surface area contributed by atoms with Crippen LogP contribution in [0.1, 0.15) is 34.2 Å². The number of thioether (sulfide) groups is 1. The standard InChI is InChI=1S/C28H26F3NO3S2/c1-3-34-27(33)26-19(2)24-17-23(13-14-25(24)35-26)37-32(16-15-20-7-5-4-6-8-20)18-21-9-11-22(12-10-21)36-28(29,30)31/h4-14,17H,3,15-16,18H2,1-2H3. The lowest BCUT2D eigenvalue weighted by atomic mass is 10.1. The number of esters is 1. The summed E-state index contributed by atoms with van der Waals surface area (Å²) in [5, 5.41) is 0.838. The van der Waals surface area contributed by atoms with Crippen LogP contribution >= 0.6 is 23.7 Å². The second-order valence-corrected chi connectivity index (χ2v) is 10.6. The second kappa shape index (κ2) is 12.1. The topological polar surface area (TPSA) is 42.7 Å². The van der Waals surface area contributed by atoms with Gasteiger partial charge in [0.2, 0.25) is 5.76 Å². The van der Waals surface area contributed by atoms with E-state index in [-0.39, 0.29) is 29.0 Å². The Bertz CT molecular complexity index is 1340. The molecule has 0 amide bonds. The quantitative estimate of drug-likeness (QED) is 0.113. The zero-order valence-corrected chi connectivity index (χ0v) is 22.0. The van der Waals surface area contributed by atoms with Gasteiger partial charge in [-0.2, -0.15) is 13.2 Å². The molecule has 4 aromatic rings. The molecule has 0 atom stereocenters. The summed E-state index contributed by atoms with van der Waals surface area (Å²) in [6.07, 6.45) is 0.815. The molecular weight excluding hydrogens is 519 g/mol. The van der Waals surface area contributed by atoms with Crippen molar-refractivity contribution in [3.05, 3.63) is 95.2 Å². The molecule has 0 bridgehead atoms. The summed E-state index contributed by atoms with van der Waals surface area (Å²) in [4.78, 5) is 13.4. The molecule has 9 heteroatoms. The van der Waals surface area contributed by atoms with Crippen LogP contribution in [0.4, 0.5) is 13.2 Å². The minimum Gasteiger partial charge on any atom is -0.460 e. The smallest absolute Gasteiger partial charge is 0.446 e. The van der Waals surface area contributed by atoms with Crippen LogP contribution in [0.2, 0.25) is 0 Å². The van der Waals surface area contributed by atoms with Gasteiger partial charge in [0.25, 0.3) is 0 Å². The summed E-state index contributed by atoms with van der Waals surface area (Å²) in [6.45, 7) is 5.12. The van der Waals surface area contributed by atoms with Crippen molar-refractivity contribution in [3.8, 4) is 0 Å². The minimum atomic E-state index is -4.31. The number of hydrogen-bond donors (Lipinski definition) is 0. The normalized spacial score (nSPS) is 11.8. The summed E-state index contributed by atoms with van der Waals surface area (Å²) in [5.74, 6) is -0.279. The van der Waals surface area contributed by atoms with Crippen molar-refractivity contribution in [3.63, 3.8) is 0 Å². The van der Waals surface area contributed by atoms with E-state index in [1.54, 1.807) is 31.0 Å². The van der Waals surface area contributed by atoms with E-state index < -0.39 is 11.5 Å². The number of ether oxygens (including phenoxy) is 1. The van der Waals surface area contributed by atoms with E-state index >= 15 is 0 Å². The third-order valence-corrected chi connectivity index (χ3v) is 7.39. The summed E-state index contributed by atoms with van der Waals surface area (Å²) >= 11 is 1.45. The van der Waals surface area contributed by atoms with Gasteiger partial charge in [-0.25, -0.2) is 9.10 Å². The Labute approximate surface area is 222 Å². The van der Waals surface area contributed by atoms with E-state index in [1.807, 2.05) is 43.3 Å². The molecule has 4 rings (SSSR count). The lowest BCUT2D eigenvalue weighted by molar-refractivity contribution is -0.0328. The molecule has 0 N–H and O–H groups in total. The highest BCUT2D eigenvalue weighted by atomic mass is 32.2. The lowest BCUT2D eigenvalue weighted by Gasteiger charge is -2.21. The molecule has 1 aromatic heterocycles. The molecule has 0 spiro atoms. The minimum absolute atomic E-state index is 0.113. The molecule has 0 radical (unpaired) electrons. The number of nitrogens with zero attached hydrogens (tertiary/aromatic N) is 1. The highest BCUT2D eigenvalue weighted by Gasteiger charge is 2.29. The van der Waals surface area contributed by atoms with Crippen LogP contribution in [0.5, 0.6) is 0 Å². The molecule has 0 aliphatic rings. The number of aryl methyl sites for hydroxylation is 1. The largest absolute Gasteiger partial charge is 0.460 e. The van der Waals surface area contributed by atoms with Gasteiger partial charge in [-0.1, -0.05) is 42.5 Å². The number of carbonyl (C=O) groups is 1. The van der Waals surface area contributed by atoms with Gasteiger partial charge < -0.3 is 9.15 Å². The first-order chi connectivity index (χ1) is 17.7. The molecular formula is C28H26F3NO3S2. The zero-order chi connectivity index (χ0) is 26.4. The van der Waals surface area contributed by atoms with E-state index in [4.69, 9.17) is 9.15 Å². The van der Waals surface area contributed by atoms with Gasteiger partial charge in [-0.3, -0.25) is 0 Å². The third kappa shape index (κ3) is 7.56. The number of fused-ring (bicyclic) bond motifs is 1. The predicted octanol–water partition coefficient (Wildman–Crippen LogP) is 8.28. The van der Waals surface area contributed by atoms with Crippen LogP contribution in [0.3, 0.4) is 0 Å². The van der Waals surface area contributed by atoms with Crippen LogP contribution in [0.15, 0.2) is 87.0 Å². The van der Waals surface area contributed by atoms with E-state index in [1.165, 1.54) is 17.7 Å². The number of carbonyl (C=O) groups excluding carboxylic acids is 1. The number of rotatable bonds is 10. The van der Waals surface area contributed by atoms with E-state index in [9.17, 15) is 18.0 Å². The SMILES string of the molecule is CCOC(=O)c1oc2ccc(SN(CCc3ccccc3)Cc3ccc(SC(F)(F)F)cc3)cc2c1C. The molecule has 0 unspecified atom stereocenters. The number of hydrogen-bond acceptors (Lipinski definition) is 6. The Morgan fingerprint density at radius 3 is 2.35 bits per heavy atom. The van der Waals surface area contributed by atoms with Crippen molar-refractivity contribution in [2.45, 2.75) is 42.1 Å². The fraction of sp³-hybridized carbons (Fsp3) is 0.250. The molecule has 0 fully saturated rings. The van der Waals surface area contributed by atoms with Gasteiger partial charge in [0.1, 0.15) is 5.58 Å². The van der Waals surface area contributed by atoms with Crippen molar-refractivity contribution >= 4 is 40.6 Å². The highest BCUT2D eigenvalue weighted by molar-refractivity contribution is 8.00. The fourth-order valence-corrected chi connectivity index (χ4v) is 5.39. The Balaban J connectivity index is 1.54. The van der Waals surface area contributed by atoms with Gasteiger partial charge >= 0.3 is 11.5 Å². The summed E-state index contributed by atoms with van der Waals surface area (Å²) in [6, 6.07) is 22.4. The first kappa shape index (κ1) is 27.2. The van der Waals surface area contributed by atoms with Gasteiger partial charge in [-0.05, 0) is 85.4 Å². The molecule has 194 valence electrons.